The summed E-state index contributed by atoms with van der Waals surface area (Å²) >= 11 is 0. The molecule has 3 aromatic rings. The van der Waals surface area contributed by atoms with Crippen LogP contribution in [-0.2, 0) is 27.8 Å². The summed E-state index contributed by atoms with van der Waals surface area (Å²) in [4.78, 5) is 19.2. The normalized spacial score (nSPS) is 15.4. The lowest BCUT2D eigenvalue weighted by atomic mass is 9.96. The van der Waals surface area contributed by atoms with Gasteiger partial charge in [0.05, 0.1) is 4.90 Å². The fourth-order valence-corrected chi connectivity index (χ4v) is 5.98. The van der Waals surface area contributed by atoms with Gasteiger partial charge in [-0.15, -0.1) is 0 Å². The zero-order valence-corrected chi connectivity index (χ0v) is 20.6. The Morgan fingerprint density at radius 3 is 2.50 bits per heavy atom. The first-order valence-electron chi connectivity index (χ1n) is 11.5. The molecule has 0 bridgehead atoms. The predicted molar refractivity (Wildman–Crippen MR) is 128 cm³/mol. The van der Waals surface area contributed by atoms with Gasteiger partial charge >= 0.3 is 0 Å². The number of piperidine rings is 1. The third kappa shape index (κ3) is 5.05. The molecule has 9 heteroatoms. The van der Waals surface area contributed by atoms with Gasteiger partial charge in [0.15, 0.2) is 0 Å². The van der Waals surface area contributed by atoms with Crippen molar-refractivity contribution >= 4 is 15.9 Å². The van der Waals surface area contributed by atoms with Crippen molar-refractivity contribution in [1.29, 1.82) is 0 Å². The molecule has 0 atom stereocenters. The Morgan fingerprint density at radius 2 is 1.85 bits per heavy atom. The standard InChI is InChI=1S/C25H30N4O4S/c1-4-23-26-24(27-33-23)21-11-10-18(2)22(16-21)34(31,32)29-14-12-20(13-15-29)25(30)28(3)17-19-8-6-5-7-9-19/h5-11,16,20H,4,12-15,17H2,1-3H3. The summed E-state index contributed by atoms with van der Waals surface area (Å²) in [6.45, 7) is 4.85. The molecule has 34 heavy (non-hydrogen) atoms. The van der Waals surface area contributed by atoms with E-state index in [-0.39, 0.29) is 16.7 Å². The number of benzene rings is 2. The maximum absolute atomic E-state index is 13.5. The SMILES string of the molecule is CCc1nc(-c2ccc(C)c(S(=O)(=O)N3CCC(C(=O)N(C)Cc4ccccc4)CC3)c2)no1. The van der Waals surface area contributed by atoms with Gasteiger partial charge in [0.25, 0.3) is 0 Å². The summed E-state index contributed by atoms with van der Waals surface area (Å²) in [5.74, 6) is 0.755. The van der Waals surface area contributed by atoms with E-state index >= 15 is 0 Å². The van der Waals surface area contributed by atoms with Crippen LogP contribution in [0.5, 0.6) is 0 Å². The molecule has 4 rings (SSSR count). The molecule has 1 saturated heterocycles. The molecule has 0 saturated carbocycles. The minimum Gasteiger partial charge on any atom is -0.341 e. The highest BCUT2D eigenvalue weighted by Crippen LogP contribution is 2.29. The monoisotopic (exact) mass is 482 g/mol. The van der Waals surface area contributed by atoms with Gasteiger partial charge in [-0.05, 0) is 37.0 Å². The Labute approximate surface area is 200 Å². The number of carbonyl (C=O) groups is 1. The van der Waals surface area contributed by atoms with Crippen molar-refractivity contribution < 1.29 is 17.7 Å². The first kappa shape index (κ1) is 24.1. The smallest absolute Gasteiger partial charge is 0.243 e. The van der Waals surface area contributed by atoms with E-state index in [0.717, 1.165) is 5.56 Å². The molecule has 0 aliphatic carbocycles. The number of sulfonamides is 1. The van der Waals surface area contributed by atoms with Crippen molar-refractivity contribution in [2.75, 3.05) is 20.1 Å². The molecule has 1 aliphatic rings. The van der Waals surface area contributed by atoms with E-state index in [1.54, 1.807) is 37.1 Å². The van der Waals surface area contributed by atoms with E-state index in [4.69, 9.17) is 4.52 Å². The molecular formula is C25H30N4O4S. The average molecular weight is 483 g/mol. The molecule has 0 N–H and O–H groups in total. The van der Waals surface area contributed by atoms with Crippen LogP contribution in [0.2, 0.25) is 0 Å². The van der Waals surface area contributed by atoms with Gasteiger partial charge in [0, 0.05) is 44.6 Å². The largest absolute Gasteiger partial charge is 0.341 e. The van der Waals surface area contributed by atoms with E-state index in [0.29, 0.717) is 61.7 Å². The van der Waals surface area contributed by atoms with Crippen molar-refractivity contribution in [3.63, 3.8) is 0 Å². The summed E-state index contributed by atoms with van der Waals surface area (Å²) < 4.78 is 33.6. The Kier molecular flexibility index (Phi) is 7.13. The minimum absolute atomic E-state index is 0.0583. The molecule has 1 aromatic heterocycles. The van der Waals surface area contributed by atoms with Crippen molar-refractivity contribution in [2.24, 2.45) is 5.92 Å². The molecule has 2 aromatic carbocycles. The van der Waals surface area contributed by atoms with Crippen LogP contribution in [-0.4, -0.2) is 53.8 Å². The quantitative estimate of drug-likeness (QED) is 0.510. The zero-order chi connectivity index (χ0) is 24.3. The topological polar surface area (TPSA) is 96.6 Å². The highest BCUT2D eigenvalue weighted by atomic mass is 32.2. The van der Waals surface area contributed by atoms with Gasteiger partial charge in [-0.2, -0.15) is 9.29 Å². The van der Waals surface area contributed by atoms with E-state index in [1.807, 2.05) is 37.3 Å². The highest BCUT2D eigenvalue weighted by molar-refractivity contribution is 7.89. The second-order valence-corrected chi connectivity index (χ2v) is 10.6. The van der Waals surface area contributed by atoms with Crippen molar-refractivity contribution in [1.82, 2.24) is 19.3 Å². The fraction of sp³-hybridized carbons (Fsp3) is 0.400. The highest BCUT2D eigenvalue weighted by Gasteiger charge is 2.34. The van der Waals surface area contributed by atoms with Crippen molar-refractivity contribution in [3.05, 3.63) is 65.5 Å². The minimum atomic E-state index is -3.72. The summed E-state index contributed by atoms with van der Waals surface area (Å²) in [5, 5.41) is 3.96. The maximum atomic E-state index is 13.5. The maximum Gasteiger partial charge on any atom is 0.243 e. The van der Waals surface area contributed by atoms with Gasteiger partial charge < -0.3 is 9.42 Å². The number of nitrogens with zero attached hydrogens (tertiary/aromatic N) is 4. The fourth-order valence-electron chi connectivity index (χ4n) is 4.26. The third-order valence-electron chi connectivity index (χ3n) is 6.28. The van der Waals surface area contributed by atoms with E-state index in [2.05, 4.69) is 10.1 Å². The number of amides is 1. The zero-order valence-electron chi connectivity index (χ0n) is 19.8. The van der Waals surface area contributed by atoms with Crippen LogP contribution in [0.4, 0.5) is 0 Å². The van der Waals surface area contributed by atoms with Crippen LogP contribution in [0.3, 0.4) is 0 Å². The molecule has 0 unspecified atom stereocenters. The molecule has 0 spiro atoms. The molecular weight excluding hydrogens is 452 g/mol. The van der Waals surface area contributed by atoms with Crippen LogP contribution < -0.4 is 0 Å². The van der Waals surface area contributed by atoms with Crippen LogP contribution in [0.15, 0.2) is 57.9 Å². The number of hydrogen-bond donors (Lipinski definition) is 0. The van der Waals surface area contributed by atoms with Crippen molar-refractivity contribution in [3.8, 4) is 11.4 Å². The first-order valence-corrected chi connectivity index (χ1v) is 13.0. The molecule has 1 fully saturated rings. The van der Waals surface area contributed by atoms with Crippen LogP contribution >= 0.6 is 0 Å². The van der Waals surface area contributed by atoms with Gasteiger partial charge in [0.2, 0.25) is 27.6 Å². The van der Waals surface area contributed by atoms with Gasteiger partial charge in [-0.1, -0.05) is 54.5 Å². The van der Waals surface area contributed by atoms with E-state index in [9.17, 15) is 13.2 Å². The Hall–Kier alpha value is -3.04. The summed E-state index contributed by atoms with van der Waals surface area (Å²) in [7, 11) is -1.92. The average Bonchev–Trinajstić information content (AvgIpc) is 3.34. The summed E-state index contributed by atoms with van der Waals surface area (Å²) in [5.41, 5.74) is 2.32. The second-order valence-electron chi connectivity index (χ2n) is 8.70. The van der Waals surface area contributed by atoms with Gasteiger partial charge in [-0.25, -0.2) is 8.42 Å². The lowest BCUT2D eigenvalue weighted by molar-refractivity contribution is -0.135. The summed E-state index contributed by atoms with van der Waals surface area (Å²) in [6, 6.07) is 15.0. The number of aromatic nitrogens is 2. The molecule has 1 amide bonds. The molecule has 0 radical (unpaired) electrons. The Balaban J connectivity index is 1.44. The Bertz CT molecular complexity index is 1250. The molecule has 2 heterocycles. The molecule has 180 valence electrons. The number of hydrogen-bond acceptors (Lipinski definition) is 6. The van der Waals surface area contributed by atoms with E-state index < -0.39 is 10.0 Å². The van der Waals surface area contributed by atoms with Gasteiger partial charge in [0.1, 0.15) is 0 Å². The van der Waals surface area contributed by atoms with Crippen molar-refractivity contribution in [2.45, 2.75) is 44.6 Å². The second kappa shape index (κ2) is 10.1. The van der Waals surface area contributed by atoms with Crippen LogP contribution in [0.1, 0.15) is 36.8 Å². The van der Waals surface area contributed by atoms with Crippen LogP contribution in [0.25, 0.3) is 11.4 Å². The number of rotatable bonds is 7. The van der Waals surface area contributed by atoms with Gasteiger partial charge in [-0.3, -0.25) is 4.79 Å². The lowest BCUT2D eigenvalue weighted by Crippen LogP contribution is -2.43. The predicted octanol–water partition coefficient (Wildman–Crippen LogP) is 3.67. The lowest BCUT2D eigenvalue weighted by Gasteiger charge is -2.33. The first-order chi connectivity index (χ1) is 16.3. The number of aryl methyl sites for hydroxylation is 2. The molecule has 8 nitrogen and oxygen atoms in total. The Morgan fingerprint density at radius 1 is 1.15 bits per heavy atom. The van der Waals surface area contributed by atoms with Crippen LogP contribution in [0, 0.1) is 12.8 Å². The summed E-state index contributed by atoms with van der Waals surface area (Å²) in [6.07, 6.45) is 1.61. The molecule has 1 aliphatic heterocycles. The van der Waals surface area contributed by atoms with E-state index in [1.165, 1.54) is 4.31 Å². The third-order valence-corrected chi connectivity index (χ3v) is 8.32. The number of carbonyl (C=O) groups excluding carboxylic acids is 1.